The van der Waals surface area contributed by atoms with Gasteiger partial charge in [0.05, 0.1) is 11.7 Å². The van der Waals surface area contributed by atoms with Crippen LogP contribution in [0.5, 0.6) is 11.5 Å². The van der Waals surface area contributed by atoms with Crippen LogP contribution in [0.2, 0.25) is 0 Å². The number of benzene rings is 1. The normalized spacial score (nSPS) is 19.3. The lowest BCUT2D eigenvalue weighted by Gasteiger charge is -2.30. The molecule has 28 heavy (non-hydrogen) atoms. The molecule has 0 saturated carbocycles. The zero-order chi connectivity index (χ0) is 19.3. The fourth-order valence-electron chi connectivity index (χ4n) is 3.46. The largest absolute Gasteiger partial charge is 0.486 e. The Kier molecular flexibility index (Phi) is 5.62. The minimum Gasteiger partial charge on any atom is -0.486 e. The maximum Gasteiger partial charge on any atom is 0.252 e. The molecule has 0 bridgehead atoms. The summed E-state index contributed by atoms with van der Waals surface area (Å²) in [6.07, 6.45) is 3.48. The highest BCUT2D eigenvalue weighted by Crippen LogP contribution is 2.31. The maximum absolute atomic E-state index is 12.3. The number of nitrogens with zero attached hydrogens (tertiary/aromatic N) is 2. The van der Waals surface area contributed by atoms with E-state index in [1.165, 1.54) is 0 Å². The Hall–Kier alpha value is -2.80. The molecule has 7 nitrogen and oxygen atoms in total. The summed E-state index contributed by atoms with van der Waals surface area (Å²) in [4.78, 5) is 18.9. The molecule has 1 aromatic heterocycles. The molecule has 0 unspecified atom stereocenters. The molecule has 0 spiro atoms. The molecule has 148 valence electrons. The number of hydrogen-bond donors (Lipinski definition) is 2. The van der Waals surface area contributed by atoms with Crippen molar-refractivity contribution in [3.05, 3.63) is 48.2 Å². The lowest BCUT2D eigenvalue weighted by atomic mass is 10.1. The van der Waals surface area contributed by atoms with Gasteiger partial charge in [0, 0.05) is 32.3 Å². The number of hydrogen-bond acceptors (Lipinski definition) is 6. The van der Waals surface area contributed by atoms with Gasteiger partial charge in [0.2, 0.25) is 0 Å². The Labute approximate surface area is 164 Å². The highest BCUT2D eigenvalue weighted by Gasteiger charge is 2.21. The molecule has 2 aliphatic rings. The highest BCUT2D eigenvalue weighted by atomic mass is 16.6. The summed E-state index contributed by atoms with van der Waals surface area (Å²) >= 11 is 0. The topological polar surface area (TPSA) is 83.9 Å². The summed E-state index contributed by atoms with van der Waals surface area (Å²) in [6, 6.07) is 11.2. The van der Waals surface area contributed by atoms with Gasteiger partial charge in [-0.2, -0.15) is 0 Å². The van der Waals surface area contributed by atoms with Crippen LogP contribution >= 0.6 is 0 Å². The van der Waals surface area contributed by atoms with Gasteiger partial charge in [0.15, 0.2) is 11.5 Å². The third kappa shape index (κ3) is 4.36. The van der Waals surface area contributed by atoms with E-state index in [-0.39, 0.29) is 18.1 Å². The number of ether oxygens (including phenoxy) is 2. The van der Waals surface area contributed by atoms with Crippen LogP contribution in [0.25, 0.3) is 0 Å². The fraction of sp³-hybridized carbons (Fsp3) is 0.429. The average molecular weight is 383 g/mol. The summed E-state index contributed by atoms with van der Waals surface area (Å²) in [5, 5.41) is 12.5. The van der Waals surface area contributed by atoms with E-state index in [1.54, 1.807) is 12.3 Å². The van der Waals surface area contributed by atoms with Crippen LogP contribution in [0.1, 0.15) is 29.6 Å². The van der Waals surface area contributed by atoms with Crippen LogP contribution < -0.4 is 19.7 Å². The van der Waals surface area contributed by atoms with E-state index in [4.69, 9.17) is 9.47 Å². The number of carbonyl (C=O) groups excluding carboxylic acids is 1. The third-order valence-electron chi connectivity index (χ3n) is 5.12. The van der Waals surface area contributed by atoms with Crippen molar-refractivity contribution in [2.75, 3.05) is 31.1 Å². The van der Waals surface area contributed by atoms with Crippen molar-refractivity contribution in [2.45, 2.75) is 31.5 Å². The summed E-state index contributed by atoms with van der Waals surface area (Å²) in [5.74, 6) is 2.20. The zero-order valence-corrected chi connectivity index (χ0v) is 15.7. The second-order valence-electron chi connectivity index (χ2n) is 7.17. The first-order valence-electron chi connectivity index (χ1n) is 9.75. The van der Waals surface area contributed by atoms with Gasteiger partial charge in [0.1, 0.15) is 18.5 Å². The van der Waals surface area contributed by atoms with Crippen LogP contribution in [0.3, 0.4) is 0 Å². The first-order chi connectivity index (χ1) is 13.7. The molecule has 1 fully saturated rings. The third-order valence-corrected chi connectivity index (χ3v) is 5.12. The predicted octanol–water partition coefficient (Wildman–Crippen LogP) is 2.00. The van der Waals surface area contributed by atoms with E-state index in [0.717, 1.165) is 43.2 Å². The lowest BCUT2D eigenvalue weighted by molar-refractivity contribution is 0.0812. The Morgan fingerprint density at radius 1 is 1.18 bits per heavy atom. The molecular formula is C21H25N3O4. The Bertz CT molecular complexity index is 804. The van der Waals surface area contributed by atoms with Crippen LogP contribution in [0, 0.1) is 0 Å². The highest BCUT2D eigenvalue weighted by molar-refractivity contribution is 5.94. The minimum absolute atomic E-state index is 0.0786. The van der Waals surface area contributed by atoms with Gasteiger partial charge in [-0.25, -0.2) is 4.98 Å². The average Bonchev–Trinajstić information content (AvgIpc) is 2.74. The Morgan fingerprint density at radius 2 is 1.96 bits per heavy atom. The van der Waals surface area contributed by atoms with Gasteiger partial charge in [-0.1, -0.05) is 12.1 Å². The van der Waals surface area contributed by atoms with E-state index >= 15 is 0 Å². The van der Waals surface area contributed by atoms with Crippen molar-refractivity contribution in [3.8, 4) is 11.5 Å². The van der Waals surface area contributed by atoms with E-state index in [9.17, 15) is 9.90 Å². The van der Waals surface area contributed by atoms with Gasteiger partial charge in [-0.05, 0) is 37.1 Å². The number of amides is 1. The molecule has 7 heteroatoms. The number of carbonyl (C=O) groups is 1. The molecule has 1 amide bonds. The number of aliphatic hydroxyl groups is 1. The van der Waals surface area contributed by atoms with Crippen molar-refractivity contribution in [1.82, 2.24) is 10.3 Å². The lowest BCUT2D eigenvalue weighted by Crippen LogP contribution is -2.36. The van der Waals surface area contributed by atoms with Gasteiger partial charge in [0.25, 0.3) is 5.91 Å². The molecule has 0 aliphatic carbocycles. The second-order valence-corrected chi connectivity index (χ2v) is 7.17. The standard InChI is InChI=1S/C21H25N3O4/c25-16-8-11-24(12-9-16)20-6-5-15(13-23-20)21(26)22-10-7-17-14-27-18-3-1-2-4-19(18)28-17/h1-6,13,16-17,25H,7-12,14H2,(H,22,26)/t17-/m1/s1. The SMILES string of the molecule is O=C(NCC[C@@H]1COc2ccccc2O1)c1ccc(N2CCC(O)CC2)nc1. The predicted molar refractivity (Wildman–Crippen MR) is 105 cm³/mol. The molecule has 2 aromatic rings. The van der Waals surface area contributed by atoms with Crippen LogP contribution in [0.4, 0.5) is 5.82 Å². The number of fused-ring (bicyclic) bond motifs is 1. The van der Waals surface area contributed by atoms with E-state index < -0.39 is 0 Å². The summed E-state index contributed by atoms with van der Waals surface area (Å²) < 4.78 is 11.6. The molecule has 1 atom stereocenters. The molecule has 2 aliphatic heterocycles. The molecule has 1 aromatic carbocycles. The van der Waals surface area contributed by atoms with Crippen LogP contribution in [-0.2, 0) is 0 Å². The molecule has 0 radical (unpaired) electrons. The van der Waals surface area contributed by atoms with Crippen molar-refractivity contribution < 1.29 is 19.4 Å². The van der Waals surface area contributed by atoms with E-state index in [2.05, 4.69) is 15.2 Å². The summed E-state index contributed by atoms with van der Waals surface area (Å²) in [6.45, 7) is 2.55. The molecule has 1 saturated heterocycles. The van der Waals surface area contributed by atoms with Crippen molar-refractivity contribution in [3.63, 3.8) is 0 Å². The first kappa shape index (κ1) is 18.6. The number of pyridine rings is 1. The number of aromatic nitrogens is 1. The molecular weight excluding hydrogens is 358 g/mol. The first-order valence-corrected chi connectivity index (χ1v) is 9.75. The monoisotopic (exact) mass is 383 g/mol. The molecule has 2 N–H and O–H groups in total. The van der Waals surface area contributed by atoms with Gasteiger partial charge >= 0.3 is 0 Å². The second kappa shape index (κ2) is 8.48. The number of rotatable bonds is 5. The molecule has 3 heterocycles. The smallest absolute Gasteiger partial charge is 0.252 e. The Balaban J connectivity index is 1.24. The summed E-state index contributed by atoms with van der Waals surface area (Å²) in [5.41, 5.74) is 0.534. The number of piperidine rings is 1. The van der Waals surface area contributed by atoms with Crippen molar-refractivity contribution in [2.24, 2.45) is 0 Å². The maximum atomic E-state index is 12.3. The minimum atomic E-state index is -0.215. The zero-order valence-electron chi connectivity index (χ0n) is 15.7. The summed E-state index contributed by atoms with van der Waals surface area (Å²) in [7, 11) is 0. The number of aliphatic hydroxyl groups excluding tert-OH is 1. The van der Waals surface area contributed by atoms with Crippen molar-refractivity contribution >= 4 is 11.7 Å². The van der Waals surface area contributed by atoms with Crippen molar-refractivity contribution in [1.29, 1.82) is 0 Å². The number of anilines is 1. The number of para-hydroxylation sites is 2. The van der Waals surface area contributed by atoms with Gasteiger partial charge in [-0.15, -0.1) is 0 Å². The number of nitrogens with one attached hydrogen (secondary N) is 1. The van der Waals surface area contributed by atoms with Gasteiger partial charge in [-0.3, -0.25) is 4.79 Å². The Morgan fingerprint density at radius 3 is 2.71 bits per heavy atom. The van der Waals surface area contributed by atoms with Crippen LogP contribution in [-0.4, -0.2) is 54.4 Å². The fourth-order valence-corrected chi connectivity index (χ4v) is 3.46. The van der Waals surface area contributed by atoms with Crippen LogP contribution in [0.15, 0.2) is 42.6 Å². The van der Waals surface area contributed by atoms with Gasteiger partial charge < -0.3 is 24.8 Å². The molecule has 4 rings (SSSR count). The quantitative estimate of drug-likeness (QED) is 0.822. The van der Waals surface area contributed by atoms with E-state index in [0.29, 0.717) is 25.1 Å². The van der Waals surface area contributed by atoms with E-state index in [1.807, 2.05) is 30.3 Å².